The zero-order valence-corrected chi connectivity index (χ0v) is 17.0. The van der Waals surface area contributed by atoms with Gasteiger partial charge in [-0.15, -0.1) is 0 Å². The molecule has 152 valence electrons. The van der Waals surface area contributed by atoms with Crippen LogP contribution in [0.4, 0.5) is 5.82 Å². The number of piperazine rings is 1. The number of benzene rings is 1. The second-order valence-corrected chi connectivity index (χ2v) is 7.44. The molecule has 0 bridgehead atoms. The van der Waals surface area contributed by atoms with Crippen LogP contribution in [0, 0.1) is 0 Å². The van der Waals surface area contributed by atoms with Gasteiger partial charge in [0.15, 0.2) is 11.5 Å². The molecule has 0 atom stereocenters. The summed E-state index contributed by atoms with van der Waals surface area (Å²) < 4.78 is 7.36. The van der Waals surface area contributed by atoms with Gasteiger partial charge >= 0.3 is 0 Å². The van der Waals surface area contributed by atoms with Crippen molar-refractivity contribution in [3.63, 3.8) is 0 Å². The SMILES string of the molecule is COc1ccc(CN2CCN(c3nccn4c(-c5ccncc5)cnc34)CC2)cc1. The van der Waals surface area contributed by atoms with Crippen molar-refractivity contribution in [1.29, 1.82) is 0 Å². The molecule has 1 aliphatic rings. The monoisotopic (exact) mass is 400 g/mol. The molecule has 30 heavy (non-hydrogen) atoms. The summed E-state index contributed by atoms with van der Waals surface area (Å²) in [5.41, 5.74) is 4.35. The Morgan fingerprint density at radius 2 is 1.67 bits per heavy atom. The van der Waals surface area contributed by atoms with Crippen molar-refractivity contribution in [3.8, 4) is 17.0 Å². The molecule has 1 saturated heterocycles. The number of ether oxygens (including phenoxy) is 1. The fourth-order valence-electron chi connectivity index (χ4n) is 3.97. The molecule has 4 heterocycles. The van der Waals surface area contributed by atoms with E-state index in [9.17, 15) is 0 Å². The van der Waals surface area contributed by atoms with Crippen LogP contribution in [0.3, 0.4) is 0 Å². The van der Waals surface area contributed by atoms with Gasteiger partial charge in [-0.1, -0.05) is 12.1 Å². The van der Waals surface area contributed by atoms with Crippen molar-refractivity contribution in [2.75, 3.05) is 38.2 Å². The standard InChI is InChI=1S/C23H24N6O/c1-30-20-4-2-18(3-5-20)17-27-12-14-28(15-13-27)22-23-26-16-21(29(23)11-10-25-22)19-6-8-24-9-7-19/h2-11,16H,12-15,17H2,1H3. The molecule has 0 unspecified atom stereocenters. The Hall–Kier alpha value is -3.45. The Morgan fingerprint density at radius 3 is 2.40 bits per heavy atom. The molecule has 1 fully saturated rings. The molecule has 0 spiro atoms. The van der Waals surface area contributed by atoms with Gasteiger partial charge in [-0.3, -0.25) is 14.3 Å². The van der Waals surface area contributed by atoms with Crippen molar-refractivity contribution in [2.45, 2.75) is 6.54 Å². The smallest absolute Gasteiger partial charge is 0.180 e. The van der Waals surface area contributed by atoms with Gasteiger partial charge in [-0.05, 0) is 29.8 Å². The maximum absolute atomic E-state index is 5.25. The summed E-state index contributed by atoms with van der Waals surface area (Å²) in [7, 11) is 1.70. The van der Waals surface area contributed by atoms with Gasteiger partial charge in [-0.25, -0.2) is 9.97 Å². The number of hydrogen-bond donors (Lipinski definition) is 0. The number of methoxy groups -OCH3 is 1. The van der Waals surface area contributed by atoms with E-state index < -0.39 is 0 Å². The van der Waals surface area contributed by atoms with E-state index in [1.807, 2.05) is 42.9 Å². The average Bonchev–Trinajstić information content (AvgIpc) is 3.25. The molecule has 1 aliphatic heterocycles. The van der Waals surface area contributed by atoms with Gasteiger partial charge in [0.05, 0.1) is 19.0 Å². The van der Waals surface area contributed by atoms with E-state index in [-0.39, 0.29) is 0 Å². The van der Waals surface area contributed by atoms with E-state index in [0.29, 0.717) is 0 Å². The highest BCUT2D eigenvalue weighted by Crippen LogP contribution is 2.25. The van der Waals surface area contributed by atoms with E-state index in [2.05, 4.69) is 41.3 Å². The third-order valence-corrected chi connectivity index (χ3v) is 5.62. The molecule has 0 N–H and O–H groups in total. The van der Waals surface area contributed by atoms with Crippen molar-refractivity contribution in [2.24, 2.45) is 0 Å². The predicted octanol–water partition coefficient (Wildman–Crippen LogP) is 3.12. The lowest BCUT2D eigenvalue weighted by Crippen LogP contribution is -2.46. The number of imidazole rings is 1. The van der Waals surface area contributed by atoms with Crippen LogP contribution in [0.15, 0.2) is 67.4 Å². The van der Waals surface area contributed by atoms with E-state index in [0.717, 1.165) is 61.2 Å². The largest absolute Gasteiger partial charge is 0.497 e. The first-order valence-electron chi connectivity index (χ1n) is 10.1. The highest BCUT2D eigenvalue weighted by molar-refractivity contribution is 5.71. The van der Waals surface area contributed by atoms with Gasteiger partial charge in [0.2, 0.25) is 0 Å². The Bertz CT molecular complexity index is 1120. The fourth-order valence-corrected chi connectivity index (χ4v) is 3.97. The average molecular weight is 400 g/mol. The number of aromatic nitrogens is 4. The summed E-state index contributed by atoms with van der Waals surface area (Å²) in [6.45, 7) is 4.80. The zero-order valence-electron chi connectivity index (χ0n) is 17.0. The second-order valence-electron chi connectivity index (χ2n) is 7.44. The molecule has 4 aromatic rings. The molecule has 3 aromatic heterocycles. The van der Waals surface area contributed by atoms with Crippen LogP contribution in [0.1, 0.15) is 5.56 Å². The van der Waals surface area contributed by atoms with Gasteiger partial charge < -0.3 is 9.64 Å². The quantitative estimate of drug-likeness (QED) is 0.513. The predicted molar refractivity (Wildman–Crippen MR) is 117 cm³/mol. The number of fused-ring (bicyclic) bond motifs is 1. The third-order valence-electron chi connectivity index (χ3n) is 5.62. The molecular formula is C23H24N6O. The Kier molecular flexibility index (Phi) is 5.03. The van der Waals surface area contributed by atoms with Gasteiger partial charge in [0.1, 0.15) is 5.75 Å². The van der Waals surface area contributed by atoms with E-state index in [4.69, 9.17) is 4.74 Å². The number of hydrogen-bond acceptors (Lipinski definition) is 6. The van der Waals surface area contributed by atoms with Crippen LogP contribution in [-0.4, -0.2) is 57.5 Å². The van der Waals surface area contributed by atoms with Crippen LogP contribution in [-0.2, 0) is 6.54 Å². The normalized spacial score (nSPS) is 14.9. The summed E-state index contributed by atoms with van der Waals surface area (Å²) >= 11 is 0. The first kappa shape index (κ1) is 18.6. The lowest BCUT2D eigenvalue weighted by atomic mass is 10.2. The summed E-state index contributed by atoms with van der Waals surface area (Å²) in [5, 5.41) is 0. The number of anilines is 1. The van der Waals surface area contributed by atoms with Crippen LogP contribution in [0.25, 0.3) is 16.9 Å². The molecule has 7 nitrogen and oxygen atoms in total. The van der Waals surface area contributed by atoms with Crippen molar-refractivity contribution < 1.29 is 4.74 Å². The van der Waals surface area contributed by atoms with E-state index in [1.165, 1.54) is 5.56 Å². The van der Waals surface area contributed by atoms with Crippen LogP contribution in [0.2, 0.25) is 0 Å². The van der Waals surface area contributed by atoms with Crippen molar-refractivity contribution in [1.82, 2.24) is 24.3 Å². The summed E-state index contributed by atoms with van der Waals surface area (Å²) in [6, 6.07) is 12.3. The van der Waals surface area contributed by atoms with Crippen molar-refractivity contribution in [3.05, 3.63) is 72.9 Å². The summed E-state index contributed by atoms with van der Waals surface area (Å²) in [6.07, 6.45) is 9.35. The van der Waals surface area contributed by atoms with E-state index >= 15 is 0 Å². The highest BCUT2D eigenvalue weighted by atomic mass is 16.5. The lowest BCUT2D eigenvalue weighted by Gasteiger charge is -2.35. The molecule has 5 rings (SSSR count). The maximum Gasteiger partial charge on any atom is 0.180 e. The molecular weight excluding hydrogens is 376 g/mol. The summed E-state index contributed by atoms with van der Waals surface area (Å²) in [4.78, 5) is 18.3. The molecule has 0 saturated carbocycles. The first-order chi connectivity index (χ1) is 14.8. The molecule has 0 aliphatic carbocycles. The van der Waals surface area contributed by atoms with Gasteiger partial charge in [0, 0.05) is 63.1 Å². The van der Waals surface area contributed by atoms with Gasteiger partial charge in [-0.2, -0.15) is 0 Å². The van der Waals surface area contributed by atoms with Gasteiger partial charge in [0.25, 0.3) is 0 Å². The minimum atomic E-state index is 0.896. The van der Waals surface area contributed by atoms with Crippen molar-refractivity contribution >= 4 is 11.5 Å². The molecule has 1 aromatic carbocycles. The molecule has 0 amide bonds. The zero-order chi connectivity index (χ0) is 20.3. The van der Waals surface area contributed by atoms with Crippen LogP contribution < -0.4 is 9.64 Å². The maximum atomic E-state index is 5.25. The minimum absolute atomic E-state index is 0.896. The topological polar surface area (TPSA) is 58.8 Å². The first-order valence-corrected chi connectivity index (χ1v) is 10.1. The third kappa shape index (κ3) is 3.59. The Balaban J connectivity index is 1.31. The lowest BCUT2D eigenvalue weighted by molar-refractivity contribution is 0.249. The molecule has 0 radical (unpaired) electrons. The number of pyridine rings is 1. The van der Waals surface area contributed by atoms with Crippen LogP contribution in [0.5, 0.6) is 5.75 Å². The fraction of sp³-hybridized carbons (Fsp3) is 0.261. The summed E-state index contributed by atoms with van der Waals surface area (Å²) in [5.74, 6) is 1.84. The van der Waals surface area contributed by atoms with Crippen LogP contribution >= 0.6 is 0 Å². The minimum Gasteiger partial charge on any atom is -0.497 e. The Morgan fingerprint density at radius 1 is 0.900 bits per heavy atom. The van der Waals surface area contributed by atoms with E-state index in [1.54, 1.807) is 19.5 Å². The number of nitrogens with zero attached hydrogens (tertiary/aromatic N) is 6. The Labute approximate surface area is 175 Å². The number of rotatable bonds is 5. The highest BCUT2D eigenvalue weighted by Gasteiger charge is 2.21. The molecule has 7 heteroatoms. The second kappa shape index (κ2) is 8.12.